The third-order valence-corrected chi connectivity index (χ3v) is 5.53. The molecule has 150 valence electrons. The van der Waals surface area contributed by atoms with Crippen LogP contribution in [0.1, 0.15) is 38.2 Å². The van der Waals surface area contributed by atoms with Gasteiger partial charge in [0.2, 0.25) is 5.91 Å². The van der Waals surface area contributed by atoms with Gasteiger partial charge >= 0.3 is 0 Å². The molecule has 0 atom stereocenters. The van der Waals surface area contributed by atoms with Crippen LogP contribution in [0.2, 0.25) is 5.02 Å². The summed E-state index contributed by atoms with van der Waals surface area (Å²) in [6.07, 6.45) is 5.27. The van der Waals surface area contributed by atoms with Gasteiger partial charge < -0.3 is 15.5 Å². The molecule has 1 aromatic carbocycles. The molecule has 0 radical (unpaired) electrons. The minimum Gasteiger partial charge on any atom is -0.370 e. The lowest BCUT2D eigenvalue weighted by Gasteiger charge is -2.32. The smallest absolute Gasteiger partial charge is 0.220 e. The topological polar surface area (TPSA) is 70.2 Å². The number of hydrogen-bond acceptors (Lipinski definition) is 5. The molecular weight excluding hydrogens is 374 g/mol. The van der Waals surface area contributed by atoms with Crippen LogP contribution in [0.3, 0.4) is 0 Å². The largest absolute Gasteiger partial charge is 0.370 e. The second-order valence-electron chi connectivity index (χ2n) is 7.13. The average Bonchev–Trinajstić information content (AvgIpc) is 2.72. The molecule has 0 saturated carbocycles. The molecule has 0 unspecified atom stereocenters. The Hall–Kier alpha value is -2.34. The van der Waals surface area contributed by atoms with Crippen LogP contribution in [0.4, 0.5) is 11.6 Å². The second-order valence-corrected chi connectivity index (χ2v) is 7.54. The van der Waals surface area contributed by atoms with Crippen molar-refractivity contribution < 1.29 is 4.79 Å². The summed E-state index contributed by atoms with van der Waals surface area (Å²) in [5, 5.41) is 6.89. The highest BCUT2D eigenvalue weighted by molar-refractivity contribution is 6.31. The predicted molar refractivity (Wildman–Crippen MR) is 114 cm³/mol. The van der Waals surface area contributed by atoms with Crippen LogP contribution >= 0.6 is 11.6 Å². The standard InChI is InChI=1S/C21H28ClN5O/c1-2-23-19-13-20(26-15-25-19)27-11-9-16(10-12-27)7-8-21(28)24-14-17-5-3-4-6-18(17)22/h3-6,13,15-16H,2,7-12,14H2,1H3,(H,24,28)(H,23,25,26). The second kappa shape index (κ2) is 10.3. The third-order valence-electron chi connectivity index (χ3n) is 5.16. The first-order chi connectivity index (χ1) is 13.7. The van der Waals surface area contributed by atoms with Gasteiger partial charge in [-0.05, 0) is 43.7 Å². The lowest BCUT2D eigenvalue weighted by Crippen LogP contribution is -2.34. The van der Waals surface area contributed by atoms with Crippen LogP contribution in [0.25, 0.3) is 0 Å². The first-order valence-electron chi connectivity index (χ1n) is 9.96. The highest BCUT2D eigenvalue weighted by Gasteiger charge is 2.21. The Morgan fingerprint density at radius 3 is 2.79 bits per heavy atom. The molecule has 3 rings (SSSR count). The minimum atomic E-state index is 0.0911. The predicted octanol–water partition coefficient (Wildman–Crippen LogP) is 3.87. The van der Waals surface area contributed by atoms with E-state index in [0.29, 0.717) is 23.9 Å². The number of carbonyl (C=O) groups is 1. The normalized spacial score (nSPS) is 14.7. The first-order valence-corrected chi connectivity index (χ1v) is 10.3. The van der Waals surface area contributed by atoms with Crippen LogP contribution in [-0.2, 0) is 11.3 Å². The van der Waals surface area contributed by atoms with E-state index in [0.717, 1.165) is 56.1 Å². The molecule has 1 amide bonds. The van der Waals surface area contributed by atoms with Crippen LogP contribution in [0, 0.1) is 5.92 Å². The zero-order valence-electron chi connectivity index (χ0n) is 16.3. The van der Waals surface area contributed by atoms with Gasteiger partial charge in [-0.15, -0.1) is 0 Å². The van der Waals surface area contributed by atoms with Crippen LogP contribution in [0.15, 0.2) is 36.7 Å². The van der Waals surface area contributed by atoms with E-state index in [-0.39, 0.29) is 5.91 Å². The number of nitrogens with one attached hydrogen (secondary N) is 2. The zero-order valence-corrected chi connectivity index (χ0v) is 17.1. The molecular formula is C21H28ClN5O. The number of benzene rings is 1. The molecule has 1 fully saturated rings. The van der Waals surface area contributed by atoms with Gasteiger partial charge in [-0.2, -0.15) is 0 Å². The van der Waals surface area contributed by atoms with Gasteiger partial charge in [0.15, 0.2) is 0 Å². The Morgan fingerprint density at radius 2 is 2.04 bits per heavy atom. The Labute approximate surface area is 171 Å². The Balaban J connectivity index is 1.39. The summed E-state index contributed by atoms with van der Waals surface area (Å²) in [5.41, 5.74) is 0.951. The van der Waals surface area contributed by atoms with Gasteiger partial charge in [-0.3, -0.25) is 4.79 Å². The fourth-order valence-electron chi connectivity index (χ4n) is 3.51. The number of carbonyl (C=O) groups excluding carboxylic acids is 1. The molecule has 2 N–H and O–H groups in total. The molecule has 1 aliphatic rings. The van der Waals surface area contributed by atoms with Crippen molar-refractivity contribution in [1.29, 1.82) is 0 Å². The number of hydrogen-bond donors (Lipinski definition) is 2. The van der Waals surface area contributed by atoms with Gasteiger partial charge in [0, 0.05) is 43.7 Å². The summed E-state index contributed by atoms with van der Waals surface area (Å²) >= 11 is 6.13. The van der Waals surface area contributed by atoms with Crippen molar-refractivity contribution in [3.05, 3.63) is 47.2 Å². The fraction of sp³-hybridized carbons (Fsp3) is 0.476. The molecule has 2 heterocycles. The number of rotatable bonds is 8. The maximum Gasteiger partial charge on any atom is 0.220 e. The maximum absolute atomic E-state index is 12.2. The fourth-order valence-corrected chi connectivity index (χ4v) is 3.71. The number of nitrogens with zero attached hydrogens (tertiary/aromatic N) is 3. The Bertz CT molecular complexity index is 777. The van der Waals surface area contributed by atoms with Crippen LogP contribution < -0.4 is 15.5 Å². The Morgan fingerprint density at radius 1 is 1.25 bits per heavy atom. The maximum atomic E-state index is 12.2. The third kappa shape index (κ3) is 5.83. The van der Waals surface area contributed by atoms with E-state index < -0.39 is 0 Å². The summed E-state index contributed by atoms with van der Waals surface area (Å²) in [6, 6.07) is 9.61. The van der Waals surface area contributed by atoms with E-state index in [1.54, 1.807) is 6.33 Å². The van der Waals surface area contributed by atoms with Crippen molar-refractivity contribution in [3.63, 3.8) is 0 Å². The number of anilines is 2. The van der Waals surface area contributed by atoms with Gasteiger partial charge in [-0.1, -0.05) is 29.8 Å². The van der Waals surface area contributed by atoms with Gasteiger partial charge in [0.05, 0.1) is 0 Å². The van der Waals surface area contributed by atoms with Crippen LogP contribution in [-0.4, -0.2) is 35.5 Å². The molecule has 2 aromatic rings. The summed E-state index contributed by atoms with van der Waals surface area (Å²) < 4.78 is 0. The van der Waals surface area contributed by atoms with E-state index in [1.807, 2.05) is 30.3 Å². The summed E-state index contributed by atoms with van der Waals surface area (Å²) in [6.45, 7) is 5.32. The lowest BCUT2D eigenvalue weighted by atomic mass is 9.92. The molecule has 7 heteroatoms. The molecule has 1 aromatic heterocycles. The van der Waals surface area contributed by atoms with Crippen molar-refractivity contribution in [1.82, 2.24) is 15.3 Å². The highest BCUT2D eigenvalue weighted by Crippen LogP contribution is 2.25. The molecule has 0 spiro atoms. The summed E-state index contributed by atoms with van der Waals surface area (Å²) in [7, 11) is 0. The molecule has 6 nitrogen and oxygen atoms in total. The molecule has 1 aliphatic heterocycles. The molecule has 0 bridgehead atoms. The quantitative estimate of drug-likeness (QED) is 0.702. The van der Waals surface area contributed by atoms with E-state index in [4.69, 9.17) is 11.6 Å². The van der Waals surface area contributed by atoms with E-state index in [2.05, 4.69) is 32.4 Å². The van der Waals surface area contributed by atoms with Gasteiger partial charge in [0.25, 0.3) is 0 Å². The lowest BCUT2D eigenvalue weighted by molar-refractivity contribution is -0.121. The van der Waals surface area contributed by atoms with Crippen molar-refractivity contribution >= 4 is 29.1 Å². The average molecular weight is 402 g/mol. The summed E-state index contributed by atoms with van der Waals surface area (Å²) in [4.78, 5) is 23.1. The van der Waals surface area contributed by atoms with Crippen molar-refractivity contribution in [2.45, 2.75) is 39.2 Å². The molecule has 28 heavy (non-hydrogen) atoms. The SMILES string of the molecule is CCNc1cc(N2CCC(CCC(=O)NCc3ccccc3Cl)CC2)ncn1. The minimum absolute atomic E-state index is 0.0911. The first kappa shape index (κ1) is 20.4. The highest BCUT2D eigenvalue weighted by atomic mass is 35.5. The van der Waals surface area contributed by atoms with Crippen molar-refractivity contribution in [2.75, 3.05) is 29.9 Å². The number of halogens is 1. The molecule has 0 aliphatic carbocycles. The Kier molecular flexibility index (Phi) is 7.48. The number of aromatic nitrogens is 2. The van der Waals surface area contributed by atoms with E-state index >= 15 is 0 Å². The van der Waals surface area contributed by atoms with Crippen LogP contribution in [0.5, 0.6) is 0 Å². The van der Waals surface area contributed by atoms with Gasteiger partial charge in [0.1, 0.15) is 18.0 Å². The zero-order chi connectivity index (χ0) is 19.8. The van der Waals surface area contributed by atoms with Gasteiger partial charge in [-0.25, -0.2) is 9.97 Å². The van der Waals surface area contributed by atoms with Crippen molar-refractivity contribution in [3.8, 4) is 0 Å². The van der Waals surface area contributed by atoms with Crippen molar-refractivity contribution in [2.24, 2.45) is 5.92 Å². The van der Waals surface area contributed by atoms with E-state index in [1.165, 1.54) is 0 Å². The van der Waals surface area contributed by atoms with E-state index in [9.17, 15) is 4.79 Å². The summed E-state index contributed by atoms with van der Waals surface area (Å²) in [5.74, 6) is 2.51. The number of amides is 1. The number of piperidine rings is 1. The molecule has 1 saturated heterocycles. The monoisotopic (exact) mass is 401 g/mol.